The number of aliphatic hydroxyl groups excluding tert-OH is 1. The van der Waals surface area contributed by atoms with E-state index in [2.05, 4.69) is 17.6 Å². The molecule has 0 spiro atoms. The van der Waals surface area contributed by atoms with E-state index in [4.69, 9.17) is 5.11 Å². The van der Waals surface area contributed by atoms with Gasteiger partial charge in [-0.15, -0.1) is 0 Å². The minimum Gasteiger partial charge on any atom is -0.396 e. The van der Waals surface area contributed by atoms with Crippen molar-refractivity contribution < 1.29 is 9.90 Å². The molecule has 0 aromatic rings. The highest BCUT2D eigenvalue weighted by atomic mass is 16.3. The van der Waals surface area contributed by atoms with Crippen molar-refractivity contribution in [2.75, 3.05) is 19.7 Å². The van der Waals surface area contributed by atoms with Gasteiger partial charge < -0.3 is 15.7 Å². The number of hydrogen-bond acceptors (Lipinski definition) is 3. The predicted molar refractivity (Wildman–Crippen MR) is 71.2 cm³/mol. The Hall–Kier alpha value is -0.610. The molecule has 0 aromatic heterocycles. The molecule has 4 heteroatoms. The normalized spacial score (nSPS) is 27.6. The molecule has 104 valence electrons. The summed E-state index contributed by atoms with van der Waals surface area (Å²) in [6.07, 6.45) is 6.54. The Morgan fingerprint density at radius 3 is 2.78 bits per heavy atom. The molecular weight excluding hydrogens is 228 g/mol. The molecule has 1 aliphatic heterocycles. The second kappa shape index (κ2) is 6.02. The highest BCUT2D eigenvalue weighted by Gasteiger charge is 2.41. The molecule has 2 unspecified atom stereocenters. The van der Waals surface area contributed by atoms with E-state index in [9.17, 15) is 4.79 Å². The molecular formula is C14H26N2O2. The van der Waals surface area contributed by atoms with Crippen LogP contribution in [-0.2, 0) is 4.79 Å². The lowest BCUT2D eigenvalue weighted by molar-refractivity contribution is -0.124. The van der Waals surface area contributed by atoms with Crippen molar-refractivity contribution in [3.8, 4) is 0 Å². The highest BCUT2D eigenvalue weighted by molar-refractivity contribution is 5.82. The Bertz CT molecular complexity index is 284. The first-order valence-electron chi connectivity index (χ1n) is 7.30. The summed E-state index contributed by atoms with van der Waals surface area (Å²) >= 11 is 0. The zero-order valence-electron chi connectivity index (χ0n) is 11.4. The molecule has 0 aromatic carbocycles. The summed E-state index contributed by atoms with van der Waals surface area (Å²) in [5, 5.41) is 15.4. The van der Waals surface area contributed by atoms with Crippen LogP contribution in [0.3, 0.4) is 0 Å². The number of amides is 1. The lowest BCUT2D eigenvalue weighted by Gasteiger charge is -2.47. The Balaban J connectivity index is 1.81. The van der Waals surface area contributed by atoms with Gasteiger partial charge in [-0.25, -0.2) is 0 Å². The smallest absolute Gasteiger partial charge is 0.237 e. The molecule has 1 aliphatic carbocycles. The number of rotatable bonds is 6. The summed E-state index contributed by atoms with van der Waals surface area (Å²) < 4.78 is 0. The van der Waals surface area contributed by atoms with Gasteiger partial charge in [-0.3, -0.25) is 4.79 Å². The van der Waals surface area contributed by atoms with Crippen LogP contribution in [0.2, 0.25) is 0 Å². The van der Waals surface area contributed by atoms with Gasteiger partial charge in [-0.2, -0.15) is 0 Å². The average molecular weight is 254 g/mol. The van der Waals surface area contributed by atoms with Crippen LogP contribution < -0.4 is 10.6 Å². The van der Waals surface area contributed by atoms with Crippen LogP contribution in [0, 0.1) is 11.3 Å². The molecule has 1 saturated heterocycles. The number of hydrogen-bond donors (Lipinski definition) is 3. The van der Waals surface area contributed by atoms with Crippen LogP contribution in [0.25, 0.3) is 0 Å². The first kappa shape index (κ1) is 13.8. The average Bonchev–Trinajstić information content (AvgIpc) is 2.81. The van der Waals surface area contributed by atoms with E-state index in [1.807, 2.05) is 0 Å². The molecule has 1 heterocycles. The van der Waals surface area contributed by atoms with Gasteiger partial charge in [0, 0.05) is 13.2 Å². The van der Waals surface area contributed by atoms with E-state index in [0.717, 1.165) is 32.4 Å². The van der Waals surface area contributed by atoms with E-state index < -0.39 is 0 Å². The zero-order chi connectivity index (χ0) is 13.0. The third kappa shape index (κ3) is 2.86. The maximum atomic E-state index is 12.0. The summed E-state index contributed by atoms with van der Waals surface area (Å²) in [6, 6.07) is 0.0234. The molecule has 0 bridgehead atoms. The SMILES string of the molecule is CC(CCO)C1(CNC(=O)C2CCCN2)CCC1. The van der Waals surface area contributed by atoms with E-state index in [1.54, 1.807) is 0 Å². The fourth-order valence-corrected chi connectivity index (χ4v) is 3.27. The summed E-state index contributed by atoms with van der Waals surface area (Å²) in [6.45, 7) is 4.20. The van der Waals surface area contributed by atoms with Crippen LogP contribution in [0.5, 0.6) is 0 Å². The van der Waals surface area contributed by atoms with Gasteiger partial charge in [0.1, 0.15) is 0 Å². The Morgan fingerprint density at radius 1 is 1.50 bits per heavy atom. The summed E-state index contributed by atoms with van der Waals surface area (Å²) in [7, 11) is 0. The first-order valence-corrected chi connectivity index (χ1v) is 7.30. The minimum absolute atomic E-state index is 0.0234. The number of aliphatic hydroxyl groups is 1. The van der Waals surface area contributed by atoms with Crippen molar-refractivity contribution >= 4 is 5.91 Å². The molecule has 1 saturated carbocycles. The van der Waals surface area contributed by atoms with E-state index in [-0.39, 0.29) is 24.0 Å². The second-order valence-electron chi connectivity index (χ2n) is 6.00. The van der Waals surface area contributed by atoms with Gasteiger partial charge in [-0.05, 0) is 50.0 Å². The molecule has 4 nitrogen and oxygen atoms in total. The second-order valence-corrected chi connectivity index (χ2v) is 6.00. The standard InChI is InChI=1S/C14H26N2O2/c1-11(5-9-17)14(6-3-7-14)10-16-13(18)12-4-2-8-15-12/h11-12,15,17H,2-10H2,1H3,(H,16,18). The number of carbonyl (C=O) groups is 1. The lowest BCUT2D eigenvalue weighted by atomic mass is 9.60. The van der Waals surface area contributed by atoms with E-state index >= 15 is 0 Å². The fraction of sp³-hybridized carbons (Fsp3) is 0.929. The molecule has 2 atom stereocenters. The van der Waals surface area contributed by atoms with Crippen LogP contribution in [0.15, 0.2) is 0 Å². The number of nitrogens with one attached hydrogen (secondary N) is 2. The van der Waals surface area contributed by atoms with Crippen LogP contribution >= 0.6 is 0 Å². The Kier molecular flexibility index (Phi) is 4.62. The summed E-state index contributed by atoms with van der Waals surface area (Å²) in [4.78, 5) is 12.0. The topological polar surface area (TPSA) is 61.4 Å². The first-order chi connectivity index (χ1) is 8.68. The summed E-state index contributed by atoms with van der Waals surface area (Å²) in [5.41, 5.74) is 0.247. The zero-order valence-corrected chi connectivity index (χ0v) is 11.4. The molecule has 3 N–H and O–H groups in total. The van der Waals surface area contributed by atoms with Crippen molar-refractivity contribution in [2.24, 2.45) is 11.3 Å². The third-order valence-corrected chi connectivity index (χ3v) is 4.95. The third-order valence-electron chi connectivity index (χ3n) is 4.95. The predicted octanol–water partition coefficient (Wildman–Crippen LogP) is 1.04. The number of carbonyl (C=O) groups excluding carboxylic acids is 1. The van der Waals surface area contributed by atoms with Crippen LogP contribution in [0.4, 0.5) is 0 Å². The van der Waals surface area contributed by atoms with Crippen LogP contribution in [0.1, 0.15) is 45.4 Å². The van der Waals surface area contributed by atoms with E-state index in [1.165, 1.54) is 19.3 Å². The maximum absolute atomic E-state index is 12.0. The minimum atomic E-state index is 0.0234. The molecule has 2 fully saturated rings. The van der Waals surface area contributed by atoms with Gasteiger partial charge in [0.15, 0.2) is 0 Å². The van der Waals surface area contributed by atoms with Crippen molar-refractivity contribution in [3.05, 3.63) is 0 Å². The van der Waals surface area contributed by atoms with Crippen molar-refractivity contribution in [1.29, 1.82) is 0 Å². The van der Waals surface area contributed by atoms with Crippen LogP contribution in [-0.4, -0.2) is 36.8 Å². The molecule has 18 heavy (non-hydrogen) atoms. The summed E-state index contributed by atoms with van der Waals surface area (Å²) in [5.74, 6) is 0.656. The molecule has 0 radical (unpaired) electrons. The molecule has 2 aliphatic rings. The highest BCUT2D eigenvalue weighted by Crippen LogP contribution is 2.47. The largest absolute Gasteiger partial charge is 0.396 e. The van der Waals surface area contributed by atoms with Gasteiger partial charge in [-0.1, -0.05) is 13.3 Å². The van der Waals surface area contributed by atoms with Gasteiger partial charge in [0.05, 0.1) is 6.04 Å². The fourth-order valence-electron chi connectivity index (χ4n) is 3.27. The van der Waals surface area contributed by atoms with Gasteiger partial charge in [0.25, 0.3) is 0 Å². The lowest BCUT2D eigenvalue weighted by Crippen LogP contribution is -2.50. The Labute approximate surface area is 110 Å². The van der Waals surface area contributed by atoms with Gasteiger partial charge in [0.2, 0.25) is 5.91 Å². The molecule has 1 amide bonds. The van der Waals surface area contributed by atoms with Gasteiger partial charge >= 0.3 is 0 Å². The van der Waals surface area contributed by atoms with Crippen molar-refractivity contribution in [1.82, 2.24) is 10.6 Å². The maximum Gasteiger partial charge on any atom is 0.237 e. The monoisotopic (exact) mass is 254 g/mol. The molecule has 2 rings (SSSR count). The quantitative estimate of drug-likeness (QED) is 0.664. The van der Waals surface area contributed by atoms with Crippen molar-refractivity contribution in [2.45, 2.75) is 51.5 Å². The Morgan fingerprint density at radius 2 is 2.28 bits per heavy atom. The van der Waals surface area contributed by atoms with Crippen molar-refractivity contribution in [3.63, 3.8) is 0 Å². The van der Waals surface area contributed by atoms with E-state index in [0.29, 0.717) is 5.92 Å².